The fourth-order valence-corrected chi connectivity index (χ4v) is 2.96. The van der Waals surface area contributed by atoms with E-state index in [9.17, 15) is 0 Å². The van der Waals surface area contributed by atoms with E-state index >= 15 is 0 Å². The van der Waals surface area contributed by atoms with Gasteiger partial charge in [-0.3, -0.25) is 4.90 Å². The Morgan fingerprint density at radius 2 is 2.14 bits per heavy atom. The lowest BCUT2D eigenvalue weighted by Gasteiger charge is -2.27. The van der Waals surface area contributed by atoms with E-state index < -0.39 is 0 Å². The van der Waals surface area contributed by atoms with Gasteiger partial charge in [-0.05, 0) is 60.3 Å². The molecule has 2 rings (SSSR count). The number of nitrogens with zero attached hydrogens (tertiary/aromatic N) is 2. The van der Waals surface area contributed by atoms with Crippen LogP contribution in [0.25, 0.3) is 0 Å². The number of rotatable bonds is 6. The Hall–Kier alpha value is -0.840. The minimum absolute atomic E-state index is 0.116. The van der Waals surface area contributed by atoms with Crippen molar-refractivity contribution in [3.63, 3.8) is 0 Å². The van der Waals surface area contributed by atoms with Crippen LogP contribution < -0.4 is 5.32 Å². The summed E-state index contributed by atoms with van der Waals surface area (Å²) in [7, 11) is 4.32. The van der Waals surface area contributed by atoms with Crippen LogP contribution in [0.3, 0.4) is 0 Å². The molecule has 4 nitrogen and oxygen atoms in total. The van der Waals surface area contributed by atoms with Crippen LogP contribution in [0.2, 0.25) is 0 Å². The number of hydrogen-bond donors (Lipinski definition) is 1. The molecule has 1 aliphatic heterocycles. The van der Waals surface area contributed by atoms with Crippen LogP contribution in [-0.4, -0.2) is 48.6 Å². The molecule has 0 amide bonds. The quantitative estimate of drug-likeness (QED) is 0.874. The molecule has 0 spiro atoms. The third-order valence-electron chi connectivity index (χ3n) is 4.07. The summed E-state index contributed by atoms with van der Waals surface area (Å²) in [4.78, 5) is 4.89. The molecule has 1 unspecified atom stereocenters. The molecule has 0 aromatic carbocycles. The molecule has 2 heterocycles. The zero-order valence-electron chi connectivity index (χ0n) is 14.3. The van der Waals surface area contributed by atoms with Crippen LogP contribution in [0.5, 0.6) is 0 Å². The van der Waals surface area contributed by atoms with Gasteiger partial charge in [0.25, 0.3) is 0 Å². The molecule has 4 heteroatoms. The Balaban J connectivity index is 1.95. The Morgan fingerprint density at radius 3 is 2.81 bits per heavy atom. The van der Waals surface area contributed by atoms with E-state index in [-0.39, 0.29) is 5.54 Å². The predicted molar refractivity (Wildman–Crippen MR) is 87.3 cm³/mol. The molecule has 1 atom stereocenters. The minimum atomic E-state index is 0.116. The highest BCUT2D eigenvalue weighted by Gasteiger charge is 2.26. The second kappa shape index (κ2) is 6.95. The van der Waals surface area contributed by atoms with E-state index in [4.69, 9.17) is 4.42 Å². The lowest BCUT2D eigenvalue weighted by molar-refractivity contribution is 0.199. The second-order valence-electron chi connectivity index (χ2n) is 7.50. The average molecular weight is 293 g/mol. The third-order valence-corrected chi connectivity index (χ3v) is 4.07. The van der Waals surface area contributed by atoms with Gasteiger partial charge in [-0.25, -0.2) is 0 Å². The maximum atomic E-state index is 5.69. The van der Waals surface area contributed by atoms with Crippen molar-refractivity contribution in [3.8, 4) is 0 Å². The van der Waals surface area contributed by atoms with Crippen molar-refractivity contribution in [1.82, 2.24) is 15.1 Å². The summed E-state index contributed by atoms with van der Waals surface area (Å²) in [5.74, 6) is 1.08. The molecule has 1 aromatic heterocycles. The van der Waals surface area contributed by atoms with Crippen molar-refractivity contribution in [3.05, 3.63) is 23.7 Å². The average Bonchev–Trinajstić information content (AvgIpc) is 2.96. The first kappa shape index (κ1) is 16.5. The van der Waals surface area contributed by atoms with E-state index in [0.29, 0.717) is 6.04 Å². The van der Waals surface area contributed by atoms with Gasteiger partial charge in [-0.1, -0.05) is 0 Å². The van der Waals surface area contributed by atoms with Crippen LogP contribution >= 0.6 is 0 Å². The van der Waals surface area contributed by atoms with Crippen LogP contribution in [0.1, 0.15) is 44.9 Å². The molecule has 0 radical (unpaired) electrons. The normalized spacial score (nSPS) is 20.6. The Bertz CT molecular complexity index is 433. The predicted octanol–water partition coefficient (Wildman–Crippen LogP) is 2.69. The smallest absolute Gasteiger partial charge is 0.122 e. The van der Waals surface area contributed by atoms with Crippen LogP contribution in [-0.2, 0) is 13.1 Å². The number of likely N-dealkylation sites (tertiary alicyclic amines) is 1. The molecule has 0 saturated carbocycles. The van der Waals surface area contributed by atoms with Crippen LogP contribution in [0.4, 0.5) is 0 Å². The highest BCUT2D eigenvalue weighted by molar-refractivity contribution is 5.17. The van der Waals surface area contributed by atoms with E-state index in [0.717, 1.165) is 25.4 Å². The summed E-state index contributed by atoms with van der Waals surface area (Å²) in [5, 5.41) is 3.51. The van der Waals surface area contributed by atoms with E-state index in [2.05, 4.69) is 56.0 Å². The summed E-state index contributed by atoms with van der Waals surface area (Å²) in [6, 6.07) is 2.81. The summed E-state index contributed by atoms with van der Waals surface area (Å²) >= 11 is 0. The minimum Gasteiger partial charge on any atom is -0.468 e. The van der Waals surface area contributed by atoms with Crippen molar-refractivity contribution in [2.24, 2.45) is 0 Å². The van der Waals surface area contributed by atoms with Gasteiger partial charge in [0, 0.05) is 30.2 Å². The summed E-state index contributed by atoms with van der Waals surface area (Å²) in [6.07, 6.45) is 4.45. The number of hydrogen-bond acceptors (Lipinski definition) is 4. The highest BCUT2D eigenvalue weighted by atomic mass is 16.3. The Labute approximate surface area is 129 Å². The van der Waals surface area contributed by atoms with Crippen LogP contribution in [0, 0.1) is 0 Å². The first-order chi connectivity index (χ1) is 9.85. The summed E-state index contributed by atoms with van der Waals surface area (Å²) < 4.78 is 5.69. The maximum Gasteiger partial charge on any atom is 0.122 e. The molecule has 1 N–H and O–H groups in total. The number of nitrogens with one attached hydrogen (secondary N) is 1. The van der Waals surface area contributed by atoms with Gasteiger partial charge in [0.1, 0.15) is 5.76 Å². The zero-order chi connectivity index (χ0) is 15.5. The number of furan rings is 1. The monoisotopic (exact) mass is 293 g/mol. The lowest BCUT2D eigenvalue weighted by Crippen LogP contribution is -2.37. The molecular formula is C17H31N3O. The van der Waals surface area contributed by atoms with Crippen molar-refractivity contribution in [2.45, 2.75) is 58.3 Å². The van der Waals surface area contributed by atoms with Gasteiger partial charge in [-0.2, -0.15) is 0 Å². The van der Waals surface area contributed by atoms with Crippen LogP contribution in [0.15, 0.2) is 16.7 Å². The lowest BCUT2D eigenvalue weighted by atomic mass is 10.1. The first-order valence-corrected chi connectivity index (χ1v) is 8.04. The van der Waals surface area contributed by atoms with Gasteiger partial charge in [0.05, 0.1) is 12.8 Å². The molecule has 21 heavy (non-hydrogen) atoms. The molecular weight excluding hydrogens is 262 g/mol. The van der Waals surface area contributed by atoms with Gasteiger partial charge in [0.15, 0.2) is 0 Å². The molecule has 120 valence electrons. The van der Waals surface area contributed by atoms with E-state index in [1.54, 1.807) is 0 Å². The van der Waals surface area contributed by atoms with E-state index in [1.807, 2.05) is 6.26 Å². The van der Waals surface area contributed by atoms with Crippen molar-refractivity contribution in [2.75, 3.05) is 27.2 Å². The molecule has 1 saturated heterocycles. The SMILES string of the molecule is CN(C)CC1CCCN1Cc1ccoc1CNC(C)(C)C. The fraction of sp³-hybridized carbons (Fsp3) is 0.765. The third kappa shape index (κ3) is 5.13. The molecule has 0 aliphatic carbocycles. The van der Waals surface area contributed by atoms with Gasteiger partial charge < -0.3 is 14.6 Å². The molecule has 0 bridgehead atoms. The maximum absolute atomic E-state index is 5.69. The van der Waals surface area contributed by atoms with Gasteiger partial charge in [-0.15, -0.1) is 0 Å². The Kier molecular flexibility index (Phi) is 5.47. The fourth-order valence-electron chi connectivity index (χ4n) is 2.96. The molecule has 1 aromatic rings. The largest absolute Gasteiger partial charge is 0.468 e. The highest BCUT2D eigenvalue weighted by Crippen LogP contribution is 2.23. The van der Waals surface area contributed by atoms with Crippen molar-refractivity contribution in [1.29, 1.82) is 0 Å². The van der Waals surface area contributed by atoms with E-state index in [1.165, 1.54) is 24.9 Å². The van der Waals surface area contributed by atoms with Gasteiger partial charge >= 0.3 is 0 Å². The summed E-state index contributed by atoms with van der Waals surface area (Å²) in [5.41, 5.74) is 1.45. The van der Waals surface area contributed by atoms with Crippen molar-refractivity contribution < 1.29 is 4.42 Å². The number of likely N-dealkylation sites (N-methyl/N-ethyl adjacent to an activating group) is 1. The molecule has 1 fully saturated rings. The Morgan fingerprint density at radius 1 is 1.38 bits per heavy atom. The van der Waals surface area contributed by atoms with Gasteiger partial charge in [0.2, 0.25) is 0 Å². The summed E-state index contributed by atoms with van der Waals surface area (Å²) in [6.45, 7) is 10.7. The topological polar surface area (TPSA) is 31.6 Å². The second-order valence-corrected chi connectivity index (χ2v) is 7.50. The zero-order valence-corrected chi connectivity index (χ0v) is 14.3. The molecule has 1 aliphatic rings. The first-order valence-electron chi connectivity index (χ1n) is 8.04. The standard InChI is InChI=1S/C17H31N3O/c1-17(2,3)18-11-16-14(8-10-21-16)12-20-9-6-7-15(20)13-19(4)5/h8,10,15,18H,6-7,9,11-13H2,1-5H3. The van der Waals surface area contributed by atoms with Crippen molar-refractivity contribution >= 4 is 0 Å².